The second-order valence-corrected chi connectivity index (χ2v) is 3.22. The van der Waals surface area contributed by atoms with Crippen molar-refractivity contribution >= 4 is 5.97 Å². The van der Waals surface area contributed by atoms with E-state index < -0.39 is 5.97 Å². The summed E-state index contributed by atoms with van der Waals surface area (Å²) in [7, 11) is 0. The third-order valence-corrected chi connectivity index (χ3v) is 2.16. The third-order valence-electron chi connectivity index (χ3n) is 2.16. The number of nitrogens with zero attached hydrogens (tertiary/aromatic N) is 3. The lowest BCUT2D eigenvalue weighted by atomic mass is 10.0. The zero-order valence-electron chi connectivity index (χ0n) is 7.23. The number of carboxylic acids is 1. The molecule has 1 aromatic heterocycles. The van der Waals surface area contributed by atoms with Crippen LogP contribution in [0.25, 0.3) is 0 Å². The Balaban J connectivity index is 2.20. The van der Waals surface area contributed by atoms with Crippen LogP contribution < -0.4 is 0 Å². The van der Waals surface area contributed by atoms with Crippen LogP contribution in [0.3, 0.4) is 0 Å². The largest absolute Gasteiger partial charge is 0.480 e. The van der Waals surface area contributed by atoms with Gasteiger partial charge in [-0.1, -0.05) is 0 Å². The summed E-state index contributed by atoms with van der Waals surface area (Å²) in [6.45, 7) is -0.132. The zero-order chi connectivity index (χ0) is 9.26. The van der Waals surface area contributed by atoms with Gasteiger partial charge >= 0.3 is 5.97 Å². The molecule has 0 saturated carbocycles. The van der Waals surface area contributed by atoms with Crippen molar-refractivity contribution < 1.29 is 9.90 Å². The Morgan fingerprint density at radius 2 is 1.85 bits per heavy atom. The van der Waals surface area contributed by atoms with E-state index in [9.17, 15) is 4.79 Å². The van der Waals surface area contributed by atoms with Crippen molar-refractivity contribution in [3.05, 3.63) is 11.4 Å². The Morgan fingerprint density at radius 3 is 2.31 bits per heavy atom. The molecule has 0 amide bonds. The van der Waals surface area contributed by atoms with E-state index in [0.29, 0.717) is 0 Å². The summed E-state index contributed by atoms with van der Waals surface area (Å²) in [4.78, 5) is 11.7. The lowest BCUT2D eigenvalue weighted by molar-refractivity contribution is -0.138. The average Bonchev–Trinajstić information content (AvgIpc) is 2.44. The van der Waals surface area contributed by atoms with E-state index in [2.05, 4.69) is 10.2 Å². The van der Waals surface area contributed by atoms with Crippen molar-refractivity contribution in [2.75, 3.05) is 0 Å². The Hall–Kier alpha value is -1.39. The number of rotatable bonds is 2. The molecule has 1 aromatic rings. The van der Waals surface area contributed by atoms with E-state index >= 15 is 0 Å². The first kappa shape index (κ1) is 8.22. The van der Waals surface area contributed by atoms with E-state index in [-0.39, 0.29) is 6.54 Å². The standard InChI is InChI=1S/C8H11N3O2/c12-8(13)5-11-9-6-3-1-2-4-7(6)10-11/h1-5H2,(H,12,13). The summed E-state index contributed by atoms with van der Waals surface area (Å²) >= 11 is 0. The highest BCUT2D eigenvalue weighted by molar-refractivity contribution is 5.66. The summed E-state index contributed by atoms with van der Waals surface area (Å²) in [6, 6.07) is 0. The molecule has 0 bridgehead atoms. The van der Waals surface area contributed by atoms with Gasteiger partial charge in [0.05, 0.1) is 11.4 Å². The maximum Gasteiger partial charge on any atom is 0.327 e. The SMILES string of the molecule is O=C(O)Cn1nc2c(n1)CCCC2. The minimum Gasteiger partial charge on any atom is -0.480 e. The molecule has 1 aliphatic rings. The number of aryl methyl sites for hydroxylation is 2. The molecule has 0 atom stereocenters. The quantitative estimate of drug-likeness (QED) is 0.709. The molecule has 70 valence electrons. The predicted molar refractivity (Wildman–Crippen MR) is 44.3 cm³/mol. The van der Waals surface area contributed by atoms with Crippen LogP contribution in [-0.2, 0) is 24.2 Å². The number of aliphatic carboxylic acids is 1. The van der Waals surface area contributed by atoms with Crippen molar-refractivity contribution in [2.24, 2.45) is 0 Å². The van der Waals surface area contributed by atoms with Gasteiger partial charge in [0.2, 0.25) is 0 Å². The molecule has 1 heterocycles. The van der Waals surface area contributed by atoms with Gasteiger partial charge in [-0.2, -0.15) is 15.0 Å². The van der Waals surface area contributed by atoms with E-state index in [0.717, 1.165) is 37.1 Å². The molecule has 0 radical (unpaired) electrons. The molecule has 5 heteroatoms. The summed E-state index contributed by atoms with van der Waals surface area (Å²) in [5, 5.41) is 16.8. The van der Waals surface area contributed by atoms with Crippen molar-refractivity contribution in [2.45, 2.75) is 32.2 Å². The predicted octanol–water partition coefficient (Wildman–Crippen LogP) is 0.241. The number of carboxylic acid groups (broad SMARTS) is 1. The van der Waals surface area contributed by atoms with Crippen LogP contribution >= 0.6 is 0 Å². The highest BCUT2D eigenvalue weighted by atomic mass is 16.4. The first-order valence-corrected chi connectivity index (χ1v) is 4.40. The molecule has 0 aromatic carbocycles. The van der Waals surface area contributed by atoms with Gasteiger partial charge in [-0.15, -0.1) is 0 Å². The first-order valence-electron chi connectivity index (χ1n) is 4.40. The van der Waals surface area contributed by atoms with Gasteiger partial charge < -0.3 is 5.11 Å². The van der Waals surface area contributed by atoms with E-state index in [1.54, 1.807) is 0 Å². The number of hydrogen-bond donors (Lipinski definition) is 1. The Bertz CT molecular complexity index is 309. The van der Waals surface area contributed by atoms with Crippen LogP contribution in [-0.4, -0.2) is 26.1 Å². The van der Waals surface area contributed by atoms with Gasteiger partial charge in [-0.3, -0.25) is 4.79 Å². The lowest BCUT2D eigenvalue weighted by Gasteiger charge is -2.05. The molecule has 0 unspecified atom stereocenters. The van der Waals surface area contributed by atoms with Crippen LogP contribution in [0.5, 0.6) is 0 Å². The molecule has 13 heavy (non-hydrogen) atoms. The van der Waals surface area contributed by atoms with Crippen molar-refractivity contribution in [3.8, 4) is 0 Å². The van der Waals surface area contributed by atoms with Gasteiger partial charge in [0, 0.05) is 0 Å². The highest BCUT2D eigenvalue weighted by Gasteiger charge is 2.15. The number of hydrogen-bond acceptors (Lipinski definition) is 3. The Labute approximate surface area is 75.4 Å². The minimum atomic E-state index is -0.896. The highest BCUT2D eigenvalue weighted by Crippen LogP contribution is 2.16. The van der Waals surface area contributed by atoms with Gasteiger partial charge in [0.15, 0.2) is 6.54 Å². The topological polar surface area (TPSA) is 68.0 Å². The molecule has 1 N–H and O–H groups in total. The average molecular weight is 181 g/mol. The summed E-state index contributed by atoms with van der Waals surface area (Å²) in [6.07, 6.45) is 4.15. The molecule has 5 nitrogen and oxygen atoms in total. The molecule has 1 aliphatic carbocycles. The van der Waals surface area contributed by atoms with Gasteiger partial charge in [0.25, 0.3) is 0 Å². The molecule has 0 spiro atoms. The summed E-state index contributed by atoms with van der Waals surface area (Å²) in [5.41, 5.74) is 1.96. The Kier molecular flexibility index (Phi) is 2.00. The molecular weight excluding hydrogens is 170 g/mol. The fourth-order valence-electron chi connectivity index (χ4n) is 1.58. The maximum atomic E-state index is 10.4. The molecule has 0 saturated heterocycles. The number of aromatic nitrogens is 3. The zero-order valence-corrected chi connectivity index (χ0v) is 7.23. The second-order valence-electron chi connectivity index (χ2n) is 3.22. The van der Waals surface area contributed by atoms with Gasteiger partial charge in [-0.05, 0) is 25.7 Å². The van der Waals surface area contributed by atoms with Crippen LogP contribution in [0.15, 0.2) is 0 Å². The van der Waals surface area contributed by atoms with Crippen LogP contribution in [0.1, 0.15) is 24.2 Å². The van der Waals surface area contributed by atoms with Crippen molar-refractivity contribution in [3.63, 3.8) is 0 Å². The van der Waals surface area contributed by atoms with Gasteiger partial charge in [-0.25, -0.2) is 0 Å². The molecule has 0 fully saturated rings. The van der Waals surface area contributed by atoms with Crippen LogP contribution in [0, 0.1) is 0 Å². The van der Waals surface area contributed by atoms with E-state index in [1.165, 1.54) is 4.80 Å². The third kappa shape index (κ3) is 1.68. The smallest absolute Gasteiger partial charge is 0.327 e. The monoisotopic (exact) mass is 181 g/mol. The van der Waals surface area contributed by atoms with Crippen LogP contribution in [0.2, 0.25) is 0 Å². The molecule has 0 aliphatic heterocycles. The number of carbonyl (C=O) groups is 1. The minimum absolute atomic E-state index is 0.132. The summed E-state index contributed by atoms with van der Waals surface area (Å²) in [5.74, 6) is -0.896. The fraction of sp³-hybridized carbons (Fsp3) is 0.625. The fourth-order valence-corrected chi connectivity index (χ4v) is 1.58. The Morgan fingerprint density at radius 1 is 1.31 bits per heavy atom. The summed E-state index contributed by atoms with van der Waals surface area (Å²) < 4.78 is 0. The van der Waals surface area contributed by atoms with Crippen LogP contribution in [0.4, 0.5) is 0 Å². The van der Waals surface area contributed by atoms with Crippen molar-refractivity contribution in [1.29, 1.82) is 0 Å². The first-order chi connectivity index (χ1) is 6.25. The van der Waals surface area contributed by atoms with E-state index in [1.807, 2.05) is 0 Å². The number of fused-ring (bicyclic) bond motifs is 1. The second kappa shape index (κ2) is 3.16. The van der Waals surface area contributed by atoms with Gasteiger partial charge in [0.1, 0.15) is 0 Å². The normalized spacial score (nSPS) is 15.4. The maximum absolute atomic E-state index is 10.4. The van der Waals surface area contributed by atoms with E-state index in [4.69, 9.17) is 5.11 Å². The molecule has 2 rings (SSSR count). The molecular formula is C8H11N3O2. The lowest BCUT2D eigenvalue weighted by Crippen LogP contribution is -2.11. The van der Waals surface area contributed by atoms with Crippen molar-refractivity contribution in [1.82, 2.24) is 15.0 Å².